The number of para-hydroxylation sites is 1. The van der Waals surface area contributed by atoms with Crippen molar-refractivity contribution in [1.82, 2.24) is 25.1 Å². The van der Waals surface area contributed by atoms with Gasteiger partial charge in [-0.1, -0.05) is 60.3 Å². The molecule has 1 saturated heterocycles. The molecule has 1 aliphatic rings. The van der Waals surface area contributed by atoms with Gasteiger partial charge in [0.15, 0.2) is 17.3 Å². The number of carbonyl (C=O) groups excluding carboxylic acids is 4. The average molecular weight is 601 g/mol. The summed E-state index contributed by atoms with van der Waals surface area (Å²) in [6.07, 6.45) is 1.05. The summed E-state index contributed by atoms with van der Waals surface area (Å²) in [5.74, 6) is -1.14. The van der Waals surface area contributed by atoms with E-state index in [1.54, 1.807) is 30.3 Å². The summed E-state index contributed by atoms with van der Waals surface area (Å²) < 4.78 is 13.1. The molecule has 0 saturated carbocycles. The fourth-order valence-corrected chi connectivity index (χ4v) is 4.94. The lowest BCUT2D eigenvalue weighted by molar-refractivity contribution is -0.136. The molecule has 1 unspecified atom stereocenters. The smallest absolute Gasteiger partial charge is 0.351 e. The van der Waals surface area contributed by atoms with Crippen LogP contribution in [0, 0.1) is 0 Å². The van der Waals surface area contributed by atoms with Crippen molar-refractivity contribution in [3.05, 3.63) is 94.9 Å². The largest absolute Gasteiger partial charge is 0.493 e. The van der Waals surface area contributed by atoms with Gasteiger partial charge in [-0.3, -0.25) is 24.5 Å². The van der Waals surface area contributed by atoms with Crippen molar-refractivity contribution in [1.29, 1.82) is 0 Å². The molecular formula is C29H24N6O7S. The molecule has 13 nitrogen and oxygen atoms in total. The van der Waals surface area contributed by atoms with Crippen LogP contribution in [0.5, 0.6) is 11.5 Å². The van der Waals surface area contributed by atoms with Crippen molar-refractivity contribution >= 4 is 41.0 Å². The molecule has 0 aliphatic carbocycles. The van der Waals surface area contributed by atoms with E-state index >= 15 is 0 Å². The normalized spacial score (nSPS) is 14.5. The van der Waals surface area contributed by atoms with E-state index in [0.717, 1.165) is 16.4 Å². The van der Waals surface area contributed by atoms with E-state index in [4.69, 9.17) is 9.47 Å². The highest BCUT2D eigenvalue weighted by Crippen LogP contribution is 2.29. The zero-order valence-electron chi connectivity index (χ0n) is 22.6. The molecule has 5 rings (SSSR count). The predicted octanol–water partition coefficient (Wildman–Crippen LogP) is 2.51. The Kier molecular flexibility index (Phi) is 8.77. The Balaban J connectivity index is 1.24. The standard InChI is InChI=1S/C29H24N6O7S/c1-41-22-14-18(12-13-21(22)42-25(37)15-23-27(38)31-28(39)43-23)16-30-32-24(36)17-34-29(40)35(20-10-6-3-7-11-20)26(33-34)19-8-4-2-5-9-19/h2-14,16,23H,15,17H2,1H3,(H,32,36)(H,31,38,39)/b30-16+. The molecule has 1 aliphatic heterocycles. The lowest BCUT2D eigenvalue weighted by Crippen LogP contribution is -2.31. The molecule has 43 heavy (non-hydrogen) atoms. The van der Waals surface area contributed by atoms with Gasteiger partial charge in [0, 0.05) is 5.56 Å². The number of imide groups is 1. The highest BCUT2D eigenvalue weighted by atomic mass is 32.2. The first-order valence-electron chi connectivity index (χ1n) is 12.8. The van der Waals surface area contributed by atoms with E-state index in [9.17, 15) is 24.0 Å². The van der Waals surface area contributed by atoms with E-state index in [0.29, 0.717) is 22.6 Å². The van der Waals surface area contributed by atoms with Crippen LogP contribution in [0.2, 0.25) is 0 Å². The number of hydrazone groups is 1. The molecule has 1 atom stereocenters. The molecule has 1 aromatic heterocycles. The zero-order valence-corrected chi connectivity index (χ0v) is 23.4. The molecule has 2 N–H and O–H groups in total. The van der Waals surface area contributed by atoms with Crippen LogP contribution < -0.4 is 25.9 Å². The number of rotatable bonds is 10. The van der Waals surface area contributed by atoms with E-state index in [-0.39, 0.29) is 24.5 Å². The topological polar surface area (TPSA) is 163 Å². The fraction of sp³-hybridized carbons (Fsp3) is 0.138. The number of amides is 3. The zero-order chi connectivity index (χ0) is 30.3. The van der Waals surface area contributed by atoms with Crippen LogP contribution in [0.1, 0.15) is 12.0 Å². The number of esters is 1. The summed E-state index contributed by atoms with van der Waals surface area (Å²) in [7, 11) is 1.38. The minimum Gasteiger partial charge on any atom is -0.493 e. The number of aromatic nitrogens is 3. The van der Waals surface area contributed by atoms with Gasteiger partial charge in [-0.25, -0.2) is 19.5 Å². The minimum absolute atomic E-state index is 0.103. The molecule has 3 aromatic carbocycles. The van der Waals surface area contributed by atoms with Gasteiger partial charge in [0.25, 0.3) is 11.1 Å². The Morgan fingerprint density at radius 1 is 1.02 bits per heavy atom. The summed E-state index contributed by atoms with van der Waals surface area (Å²) in [6, 6.07) is 22.7. The molecule has 4 aromatic rings. The Morgan fingerprint density at radius 3 is 2.42 bits per heavy atom. The number of methoxy groups -OCH3 is 1. The van der Waals surface area contributed by atoms with Crippen molar-refractivity contribution in [3.8, 4) is 28.6 Å². The van der Waals surface area contributed by atoms with Crippen molar-refractivity contribution in [2.24, 2.45) is 5.10 Å². The van der Waals surface area contributed by atoms with Crippen molar-refractivity contribution in [2.75, 3.05) is 7.11 Å². The van der Waals surface area contributed by atoms with Gasteiger partial charge < -0.3 is 9.47 Å². The number of thioether (sulfide) groups is 1. The van der Waals surface area contributed by atoms with Gasteiger partial charge in [-0.15, -0.1) is 5.10 Å². The van der Waals surface area contributed by atoms with Crippen molar-refractivity contribution in [2.45, 2.75) is 18.2 Å². The molecule has 1 fully saturated rings. The van der Waals surface area contributed by atoms with Crippen LogP contribution in [0.4, 0.5) is 4.79 Å². The fourth-order valence-electron chi connectivity index (χ4n) is 4.14. The highest BCUT2D eigenvalue weighted by Gasteiger charge is 2.34. The third-order valence-corrected chi connectivity index (χ3v) is 7.09. The lowest BCUT2D eigenvalue weighted by Gasteiger charge is -2.10. The molecule has 0 bridgehead atoms. The summed E-state index contributed by atoms with van der Waals surface area (Å²) >= 11 is 0.730. The summed E-state index contributed by atoms with van der Waals surface area (Å²) in [5.41, 5.74) is 3.71. The second-order valence-corrected chi connectivity index (χ2v) is 10.2. The summed E-state index contributed by atoms with van der Waals surface area (Å²) in [4.78, 5) is 61.2. The lowest BCUT2D eigenvalue weighted by atomic mass is 10.2. The van der Waals surface area contributed by atoms with E-state index in [1.807, 2.05) is 36.4 Å². The number of nitrogens with zero attached hydrogens (tertiary/aromatic N) is 4. The Hall–Kier alpha value is -5.50. The number of ether oxygens (including phenoxy) is 2. The van der Waals surface area contributed by atoms with Crippen LogP contribution in [-0.2, 0) is 20.9 Å². The predicted molar refractivity (Wildman–Crippen MR) is 157 cm³/mol. The van der Waals surface area contributed by atoms with Crippen LogP contribution >= 0.6 is 11.8 Å². The number of carbonyl (C=O) groups is 4. The maximum Gasteiger partial charge on any atom is 0.351 e. The Bertz CT molecular complexity index is 1770. The Morgan fingerprint density at radius 2 is 1.74 bits per heavy atom. The first-order valence-corrected chi connectivity index (χ1v) is 13.7. The molecule has 2 heterocycles. The third kappa shape index (κ3) is 6.87. The average Bonchev–Trinajstić information content (AvgIpc) is 3.50. The van der Waals surface area contributed by atoms with Crippen molar-refractivity contribution < 1.29 is 28.7 Å². The van der Waals surface area contributed by atoms with E-state index in [2.05, 4.69) is 20.9 Å². The maximum atomic E-state index is 13.3. The summed E-state index contributed by atoms with van der Waals surface area (Å²) in [6.45, 7) is -0.378. The van der Waals surface area contributed by atoms with E-state index < -0.39 is 34.0 Å². The molecular weight excluding hydrogens is 576 g/mol. The molecule has 14 heteroatoms. The Labute approximate surface area is 248 Å². The van der Waals surface area contributed by atoms with Crippen LogP contribution in [0.3, 0.4) is 0 Å². The van der Waals surface area contributed by atoms with Gasteiger partial charge in [0.05, 0.1) is 25.4 Å². The first kappa shape index (κ1) is 29.0. The molecule has 0 spiro atoms. The number of hydrogen-bond acceptors (Lipinski definition) is 10. The maximum absolute atomic E-state index is 13.3. The first-order chi connectivity index (χ1) is 20.8. The van der Waals surface area contributed by atoms with Gasteiger partial charge >= 0.3 is 11.7 Å². The minimum atomic E-state index is -0.853. The second-order valence-electron chi connectivity index (χ2n) is 9.07. The molecule has 3 amide bonds. The van der Waals surface area contributed by atoms with Gasteiger partial charge in [-0.05, 0) is 35.9 Å². The number of benzene rings is 3. The van der Waals surface area contributed by atoms with Gasteiger partial charge in [0.1, 0.15) is 11.8 Å². The highest BCUT2D eigenvalue weighted by molar-refractivity contribution is 8.15. The molecule has 0 radical (unpaired) electrons. The monoisotopic (exact) mass is 600 g/mol. The number of hydrogen-bond donors (Lipinski definition) is 2. The number of nitrogens with one attached hydrogen (secondary N) is 2. The van der Waals surface area contributed by atoms with Crippen LogP contribution in [-0.4, -0.2) is 55.9 Å². The SMILES string of the molecule is COc1cc(/C=N/NC(=O)Cn2nc(-c3ccccc3)n(-c3ccccc3)c2=O)ccc1OC(=O)CC1SC(=O)NC1=O. The van der Waals surface area contributed by atoms with Crippen molar-refractivity contribution in [3.63, 3.8) is 0 Å². The van der Waals surface area contributed by atoms with Crippen LogP contribution in [0.15, 0.2) is 88.8 Å². The second kappa shape index (κ2) is 13.0. The van der Waals surface area contributed by atoms with Crippen LogP contribution in [0.25, 0.3) is 17.1 Å². The van der Waals surface area contributed by atoms with E-state index in [1.165, 1.54) is 30.0 Å². The van der Waals surface area contributed by atoms with Gasteiger partial charge in [-0.2, -0.15) is 5.10 Å². The molecule has 218 valence electrons. The quantitative estimate of drug-likeness (QED) is 0.121. The third-order valence-electron chi connectivity index (χ3n) is 6.11. The summed E-state index contributed by atoms with van der Waals surface area (Å²) in [5, 5.41) is 9.11. The van der Waals surface area contributed by atoms with Gasteiger partial charge in [0.2, 0.25) is 5.91 Å².